The molecular formula is C17H19N3. The minimum absolute atomic E-state index is 0.561. The summed E-state index contributed by atoms with van der Waals surface area (Å²) in [5.41, 5.74) is 10.4. The zero-order chi connectivity index (χ0) is 13.9. The molecule has 0 saturated heterocycles. The number of nitrogens with two attached hydrogens (primary N) is 1. The van der Waals surface area contributed by atoms with Crippen LogP contribution in [0.1, 0.15) is 17.0 Å². The molecule has 3 rings (SSSR count). The van der Waals surface area contributed by atoms with E-state index in [-0.39, 0.29) is 0 Å². The van der Waals surface area contributed by atoms with Crippen LogP contribution in [0.25, 0.3) is 11.0 Å². The van der Waals surface area contributed by atoms with E-state index < -0.39 is 0 Å². The summed E-state index contributed by atoms with van der Waals surface area (Å²) in [7, 11) is 2.08. The van der Waals surface area contributed by atoms with E-state index in [4.69, 9.17) is 10.7 Å². The van der Waals surface area contributed by atoms with E-state index in [0.717, 1.165) is 29.7 Å². The molecule has 3 heteroatoms. The number of benzene rings is 2. The third-order valence-electron chi connectivity index (χ3n) is 3.75. The zero-order valence-corrected chi connectivity index (χ0v) is 11.7. The second-order valence-electron chi connectivity index (χ2n) is 5.10. The Labute approximate surface area is 119 Å². The SMILES string of the molecule is Cn1c(CCc2ccccc2)nc2cc(CN)ccc21. The number of aryl methyl sites for hydroxylation is 3. The van der Waals surface area contributed by atoms with Crippen molar-refractivity contribution in [3.8, 4) is 0 Å². The van der Waals surface area contributed by atoms with Crippen molar-refractivity contribution in [2.75, 3.05) is 0 Å². The Morgan fingerprint density at radius 1 is 1.00 bits per heavy atom. The highest BCUT2D eigenvalue weighted by atomic mass is 15.1. The summed E-state index contributed by atoms with van der Waals surface area (Å²) in [6.45, 7) is 0.561. The molecule has 20 heavy (non-hydrogen) atoms. The van der Waals surface area contributed by atoms with Gasteiger partial charge in [-0.1, -0.05) is 36.4 Å². The van der Waals surface area contributed by atoms with Gasteiger partial charge in [0, 0.05) is 20.0 Å². The molecule has 0 aliphatic heterocycles. The lowest BCUT2D eigenvalue weighted by Crippen LogP contribution is -2.00. The van der Waals surface area contributed by atoms with Crippen LogP contribution < -0.4 is 5.73 Å². The van der Waals surface area contributed by atoms with Crippen molar-refractivity contribution >= 4 is 11.0 Å². The first-order chi connectivity index (χ1) is 9.78. The largest absolute Gasteiger partial charge is 0.331 e. The maximum absolute atomic E-state index is 5.69. The quantitative estimate of drug-likeness (QED) is 0.788. The highest BCUT2D eigenvalue weighted by molar-refractivity contribution is 5.76. The maximum atomic E-state index is 5.69. The number of hydrogen-bond acceptors (Lipinski definition) is 2. The van der Waals surface area contributed by atoms with E-state index in [1.807, 2.05) is 6.07 Å². The second kappa shape index (κ2) is 5.47. The van der Waals surface area contributed by atoms with Crippen molar-refractivity contribution in [2.24, 2.45) is 12.8 Å². The predicted octanol–water partition coefficient (Wildman–Crippen LogP) is 2.82. The molecule has 1 heterocycles. The standard InChI is InChI=1S/C17H19N3/c1-20-16-9-7-14(12-18)11-15(16)19-17(20)10-8-13-5-3-2-4-6-13/h2-7,9,11H,8,10,12,18H2,1H3. The van der Waals surface area contributed by atoms with Crippen LogP contribution in [0.2, 0.25) is 0 Å². The van der Waals surface area contributed by atoms with Gasteiger partial charge >= 0.3 is 0 Å². The lowest BCUT2D eigenvalue weighted by Gasteiger charge is -2.03. The van der Waals surface area contributed by atoms with Gasteiger partial charge < -0.3 is 10.3 Å². The molecule has 102 valence electrons. The van der Waals surface area contributed by atoms with E-state index in [2.05, 4.69) is 54.1 Å². The molecule has 0 amide bonds. The zero-order valence-electron chi connectivity index (χ0n) is 11.7. The molecule has 0 atom stereocenters. The fourth-order valence-corrected chi connectivity index (χ4v) is 2.55. The van der Waals surface area contributed by atoms with Gasteiger partial charge in [0.25, 0.3) is 0 Å². The molecule has 0 bridgehead atoms. The van der Waals surface area contributed by atoms with E-state index in [9.17, 15) is 0 Å². The molecule has 0 radical (unpaired) electrons. The summed E-state index contributed by atoms with van der Waals surface area (Å²) in [6.07, 6.45) is 1.97. The summed E-state index contributed by atoms with van der Waals surface area (Å²) >= 11 is 0. The van der Waals surface area contributed by atoms with Crippen molar-refractivity contribution in [2.45, 2.75) is 19.4 Å². The van der Waals surface area contributed by atoms with Crippen molar-refractivity contribution in [3.05, 3.63) is 65.5 Å². The summed E-state index contributed by atoms with van der Waals surface area (Å²) in [4.78, 5) is 4.74. The Morgan fingerprint density at radius 2 is 1.80 bits per heavy atom. The molecule has 2 N–H and O–H groups in total. The van der Waals surface area contributed by atoms with E-state index in [1.165, 1.54) is 11.1 Å². The van der Waals surface area contributed by atoms with Crippen LogP contribution in [0.15, 0.2) is 48.5 Å². The second-order valence-corrected chi connectivity index (χ2v) is 5.10. The van der Waals surface area contributed by atoms with Gasteiger partial charge in [0.2, 0.25) is 0 Å². The van der Waals surface area contributed by atoms with Gasteiger partial charge in [-0.2, -0.15) is 0 Å². The molecule has 0 unspecified atom stereocenters. The minimum Gasteiger partial charge on any atom is -0.331 e. The summed E-state index contributed by atoms with van der Waals surface area (Å²) in [5.74, 6) is 1.12. The number of imidazole rings is 1. The van der Waals surface area contributed by atoms with Crippen LogP contribution in [-0.4, -0.2) is 9.55 Å². The average Bonchev–Trinajstić information content (AvgIpc) is 2.82. The monoisotopic (exact) mass is 265 g/mol. The molecule has 0 fully saturated rings. The van der Waals surface area contributed by atoms with Crippen molar-refractivity contribution in [1.82, 2.24) is 9.55 Å². The fourth-order valence-electron chi connectivity index (χ4n) is 2.55. The van der Waals surface area contributed by atoms with E-state index in [0.29, 0.717) is 6.54 Å². The summed E-state index contributed by atoms with van der Waals surface area (Å²) in [6, 6.07) is 16.8. The molecule has 2 aromatic carbocycles. The molecule has 0 aliphatic carbocycles. The van der Waals surface area contributed by atoms with Gasteiger partial charge in [-0.25, -0.2) is 4.98 Å². The Kier molecular flexibility index (Phi) is 3.52. The van der Waals surface area contributed by atoms with Gasteiger partial charge in [-0.3, -0.25) is 0 Å². The van der Waals surface area contributed by atoms with E-state index in [1.54, 1.807) is 0 Å². The van der Waals surface area contributed by atoms with Crippen molar-refractivity contribution in [1.29, 1.82) is 0 Å². The smallest absolute Gasteiger partial charge is 0.109 e. The van der Waals surface area contributed by atoms with Gasteiger partial charge in [0.15, 0.2) is 0 Å². The van der Waals surface area contributed by atoms with Crippen LogP contribution in [0, 0.1) is 0 Å². The normalized spacial score (nSPS) is 11.1. The molecular weight excluding hydrogens is 246 g/mol. The van der Waals surface area contributed by atoms with Crippen LogP contribution in [-0.2, 0) is 26.4 Å². The van der Waals surface area contributed by atoms with Gasteiger partial charge in [0.1, 0.15) is 5.82 Å². The highest BCUT2D eigenvalue weighted by Crippen LogP contribution is 2.18. The lowest BCUT2D eigenvalue weighted by molar-refractivity contribution is 0.787. The van der Waals surface area contributed by atoms with Crippen LogP contribution in [0.5, 0.6) is 0 Å². The molecule has 1 aromatic heterocycles. The van der Waals surface area contributed by atoms with Gasteiger partial charge in [-0.05, 0) is 29.7 Å². The number of rotatable bonds is 4. The molecule has 3 aromatic rings. The fraction of sp³-hybridized carbons (Fsp3) is 0.235. The number of aromatic nitrogens is 2. The Hall–Kier alpha value is -2.13. The third kappa shape index (κ3) is 2.45. The Balaban J connectivity index is 1.86. The number of fused-ring (bicyclic) bond motifs is 1. The third-order valence-corrected chi connectivity index (χ3v) is 3.75. The van der Waals surface area contributed by atoms with Crippen LogP contribution in [0.4, 0.5) is 0 Å². The molecule has 0 spiro atoms. The Morgan fingerprint density at radius 3 is 2.55 bits per heavy atom. The van der Waals surface area contributed by atoms with Crippen LogP contribution in [0.3, 0.4) is 0 Å². The summed E-state index contributed by atoms with van der Waals surface area (Å²) < 4.78 is 2.18. The van der Waals surface area contributed by atoms with Crippen molar-refractivity contribution < 1.29 is 0 Å². The van der Waals surface area contributed by atoms with Gasteiger partial charge in [-0.15, -0.1) is 0 Å². The topological polar surface area (TPSA) is 43.8 Å². The molecule has 0 aliphatic rings. The first kappa shape index (κ1) is 12.9. The number of nitrogens with zero attached hydrogens (tertiary/aromatic N) is 2. The first-order valence-corrected chi connectivity index (χ1v) is 6.96. The summed E-state index contributed by atoms with van der Waals surface area (Å²) in [5, 5.41) is 0. The lowest BCUT2D eigenvalue weighted by atomic mass is 10.1. The Bertz CT molecular complexity index is 714. The van der Waals surface area contributed by atoms with Gasteiger partial charge in [0.05, 0.1) is 11.0 Å². The number of hydrogen-bond donors (Lipinski definition) is 1. The molecule has 0 saturated carbocycles. The molecule has 3 nitrogen and oxygen atoms in total. The van der Waals surface area contributed by atoms with Crippen LogP contribution >= 0.6 is 0 Å². The minimum atomic E-state index is 0.561. The van der Waals surface area contributed by atoms with Crippen molar-refractivity contribution in [3.63, 3.8) is 0 Å². The maximum Gasteiger partial charge on any atom is 0.109 e. The highest BCUT2D eigenvalue weighted by Gasteiger charge is 2.08. The van der Waals surface area contributed by atoms with E-state index >= 15 is 0 Å². The first-order valence-electron chi connectivity index (χ1n) is 6.96. The average molecular weight is 265 g/mol. The predicted molar refractivity (Wildman–Crippen MR) is 82.5 cm³/mol.